The number of rotatable bonds is 8. The van der Waals surface area contributed by atoms with E-state index in [1.807, 2.05) is 0 Å². The Kier molecular flexibility index (Phi) is 11.1. The van der Waals surface area contributed by atoms with E-state index >= 15 is 0 Å². The molecule has 11 heteroatoms. The highest BCUT2D eigenvalue weighted by Crippen LogP contribution is 2.29. The van der Waals surface area contributed by atoms with Crippen LogP contribution in [0.25, 0.3) is 0 Å². The molecule has 26 heavy (non-hydrogen) atoms. The number of halogens is 4. The van der Waals surface area contributed by atoms with Crippen LogP contribution >= 0.6 is 24.0 Å². The van der Waals surface area contributed by atoms with Crippen LogP contribution in [0.2, 0.25) is 0 Å². The number of alkyl halides is 3. The molecule has 3 N–H and O–H groups in total. The third kappa shape index (κ3) is 9.57. The molecule has 0 heterocycles. The Hall–Kier alpha value is -1.08. The van der Waals surface area contributed by atoms with E-state index in [0.29, 0.717) is 31.0 Å². The number of hydrogen-bond donors (Lipinski definition) is 3. The van der Waals surface area contributed by atoms with Gasteiger partial charge in [0.2, 0.25) is 10.0 Å². The third-order valence-electron chi connectivity index (χ3n) is 3.29. The van der Waals surface area contributed by atoms with E-state index in [1.54, 1.807) is 20.0 Å². The van der Waals surface area contributed by atoms with Gasteiger partial charge in [-0.3, -0.25) is 4.99 Å². The molecule has 0 unspecified atom stereocenters. The minimum absolute atomic E-state index is 0. The average Bonchev–Trinajstić information content (AvgIpc) is 2.56. The second-order valence-electron chi connectivity index (χ2n) is 5.20. The summed E-state index contributed by atoms with van der Waals surface area (Å²) in [7, 11) is -1.66. The molecule has 0 saturated heterocycles. The van der Waals surface area contributed by atoms with Crippen LogP contribution in [0.1, 0.15) is 24.5 Å². The monoisotopic (exact) mass is 508 g/mol. The highest BCUT2D eigenvalue weighted by atomic mass is 127. The maximum absolute atomic E-state index is 12.7. The fourth-order valence-electron chi connectivity index (χ4n) is 1.89. The van der Waals surface area contributed by atoms with Gasteiger partial charge in [0.05, 0.1) is 11.3 Å². The first-order valence-corrected chi connectivity index (χ1v) is 9.41. The molecule has 1 aromatic rings. The minimum atomic E-state index is -4.37. The van der Waals surface area contributed by atoms with Gasteiger partial charge in [-0.05, 0) is 31.0 Å². The zero-order valence-corrected chi connectivity index (χ0v) is 17.7. The molecule has 1 rings (SSSR count). The van der Waals surface area contributed by atoms with E-state index < -0.39 is 21.8 Å². The van der Waals surface area contributed by atoms with Gasteiger partial charge in [-0.15, -0.1) is 24.0 Å². The van der Waals surface area contributed by atoms with E-state index in [4.69, 9.17) is 0 Å². The van der Waals surface area contributed by atoms with Crippen molar-refractivity contribution in [1.29, 1.82) is 0 Å². The Bertz CT molecular complexity index is 682. The molecular formula is C15H24F3IN4O2S. The Morgan fingerprint density at radius 3 is 2.46 bits per heavy atom. The largest absolute Gasteiger partial charge is 0.416 e. The van der Waals surface area contributed by atoms with Gasteiger partial charge >= 0.3 is 6.18 Å². The number of nitrogens with one attached hydrogen (secondary N) is 3. The molecule has 0 aliphatic carbocycles. The van der Waals surface area contributed by atoms with Crippen LogP contribution in [0.5, 0.6) is 0 Å². The molecule has 0 spiro atoms. The van der Waals surface area contributed by atoms with Gasteiger partial charge in [0, 0.05) is 26.7 Å². The lowest BCUT2D eigenvalue weighted by Crippen LogP contribution is -2.38. The lowest BCUT2D eigenvalue weighted by Gasteiger charge is -2.13. The number of sulfonamides is 1. The van der Waals surface area contributed by atoms with Crippen LogP contribution in [0.15, 0.2) is 29.3 Å². The SMILES string of the molecule is CCS(=O)(=O)NCCCNC(=NC)NCc1cccc(C(F)(F)F)c1.I. The standard InChI is InChI=1S/C15H23F3N4O2S.HI/c1-3-25(23,24)22-9-5-8-20-14(19-2)21-11-12-6-4-7-13(10-12)15(16,17)18;/h4,6-7,10,22H,3,5,8-9,11H2,1-2H3,(H2,19,20,21);1H. The van der Waals surface area contributed by atoms with Gasteiger partial charge < -0.3 is 10.6 Å². The lowest BCUT2D eigenvalue weighted by molar-refractivity contribution is -0.137. The maximum atomic E-state index is 12.7. The van der Waals surface area contributed by atoms with Gasteiger partial charge in [-0.25, -0.2) is 13.1 Å². The lowest BCUT2D eigenvalue weighted by atomic mass is 10.1. The second-order valence-corrected chi connectivity index (χ2v) is 7.30. The average molecular weight is 508 g/mol. The summed E-state index contributed by atoms with van der Waals surface area (Å²) in [6.07, 6.45) is -3.83. The zero-order valence-electron chi connectivity index (χ0n) is 14.6. The molecule has 150 valence electrons. The summed E-state index contributed by atoms with van der Waals surface area (Å²) in [6.45, 7) is 2.51. The molecule has 0 bridgehead atoms. The zero-order chi connectivity index (χ0) is 18.9. The fraction of sp³-hybridized carbons (Fsp3) is 0.533. The highest BCUT2D eigenvalue weighted by molar-refractivity contribution is 14.0. The summed E-state index contributed by atoms with van der Waals surface area (Å²) in [5.74, 6) is 0.455. The molecule has 0 atom stereocenters. The number of guanidine groups is 1. The Labute approximate surface area is 169 Å². The van der Waals surface area contributed by atoms with E-state index in [9.17, 15) is 21.6 Å². The molecule has 0 radical (unpaired) electrons. The van der Waals surface area contributed by atoms with Gasteiger partial charge in [0.1, 0.15) is 0 Å². The van der Waals surface area contributed by atoms with Crippen molar-refractivity contribution in [2.75, 3.05) is 25.9 Å². The maximum Gasteiger partial charge on any atom is 0.416 e. The van der Waals surface area contributed by atoms with Crippen LogP contribution in [0.4, 0.5) is 13.2 Å². The predicted octanol–water partition coefficient (Wildman–Crippen LogP) is 2.32. The number of aliphatic imine (C=N–C) groups is 1. The fourth-order valence-corrected chi connectivity index (χ4v) is 2.55. The van der Waals surface area contributed by atoms with Crippen molar-refractivity contribution in [2.24, 2.45) is 4.99 Å². The van der Waals surface area contributed by atoms with Gasteiger partial charge in [-0.2, -0.15) is 13.2 Å². The number of nitrogens with zero attached hydrogens (tertiary/aromatic N) is 1. The summed E-state index contributed by atoms with van der Waals surface area (Å²) in [5, 5.41) is 5.89. The van der Waals surface area contributed by atoms with Gasteiger partial charge in [0.15, 0.2) is 5.96 Å². The van der Waals surface area contributed by atoms with Crippen LogP contribution in [-0.2, 0) is 22.7 Å². The molecule has 0 saturated carbocycles. The highest BCUT2D eigenvalue weighted by Gasteiger charge is 2.30. The first-order valence-electron chi connectivity index (χ1n) is 7.76. The van der Waals surface area contributed by atoms with Crippen molar-refractivity contribution >= 4 is 40.0 Å². The molecule has 0 amide bonds. The second kappa shape index (κ2) is 11.6. The minimum Gasteiger partial charge on any atom is -0.356 e. The molecule has 0 aliphatic heterocycles. The Morgan fingerprint density at radius 2 is 1.88 bits per heavy atom. The molecule has 0 fully saturated rings. The van der Waals surface area contributed by atoms with Crippen LogP contribution in [0, 0.1) is 0 Å². The summed E-state index contributed by atoms with van der Waals surface area (Å²) in [4.78, 5) is 3.97. The molecule has 0 aliphatic rings. The van der Waals surface area contributed by atoms with E-state index in [0.717, 1.165) is 12.1 Å². The van der Waals surface area contributed by atoms with E-state index in [2.05, 4.69) is 20.3 Å². The number of hydrogen-bond acceptors (Lipinski definition) is 3. The van der Waals surface area contributed by atoms with E-state index in [-0.39, 0.29) is 36.3 Å². The molecule has 1 aromatic carbocycles. The Morgan fingerprint density at radius 1 is 1.19 bits per heavy atom. The summed E-state index contributed by atoms with van der Waals surface area (Å²) < 4.78 is 63.0. The smallest absolute Gasteiger partial charge is 0.356 e. The predicted molar refractivity (Wildman–Crippen MR) is 107 cm³/mol. The van der Waals surface area contributed by atoms with Crippen molar-refractivity contribution in [3.8, 4) is 0 Å². The normalized spacial score (nSPS) is 12.4. The summed E-state index contributed by atoms with van der Waals surface area (Å²) in [5.41, 5.74) is -0.216. The summed E-state index contributed by atoms with van der Waals surface area (Å²) in [6, 6.07) is 5.05. The van der Waals surface area contributed by atoms with Crippen molar-refractivity contribution in [3.05, 3.63) is 35.4 Å². The third-order valence-corrected chi connectivity index (χ3v) is 4.69. The first-order chi connectivity index (χ1) is 11.7. The molecular weight excluding hydrogens is 484 g/mol. The first kappa shape index (κ1) is 24.9. The molecule has 0 aromatic heterocycles. The number of benzene rings is 1. The van der Waals surface area contributed by atoms with Crippen LogP contribution in [-0.4, -0.2) is 40.3 Å². The van der Waals surface area contributed by atoms with Crippen molar-refractivity contribution in [2.45, 2.75) is 26.1 Å². The van der Waals surface area contributed by atoms with Gasteiger partial charge in [-0.1, -0.05) is 12.1 Å². The van der Waals surface area contributed by atoms with Gasteiger partial charge in [0.25, 0.3) is 0 Å². The Balaban J connectivity index is 0.00000625. The van der Waals surface area contributed by atoms with Crippen LogP contribution < -0.4 is 15.4 Å². The van der Waals surface area contributed by atoms with Crippen LogP contribution in [0.3, 0.4) is 0 Å². The van der Waals surface area contributed by atoms with Crippen molar-refractivity contribution in [1.82, 2.24) is 15.4 Å². The summed E-state index contributed by atoms with van der Waals surface area (Å²) >= 11 is 0. The molecule has 6 nitrogen and oxygen atoms in total. The quantitative estimate of drug-likeness (QED) is 0.218. The van der Waals surface area contributed by atoms with Crippen molar-refractivity contribution < 1.29 is 21.6 Å². The van der Waals surface area contributed by atoms with Crippen molar-refractivity contribution in [3.63, 3.8) is 0 Å². The topological polar surface area (TPSA) is 82.6 Å². The van der Waals surface area contributed by atoms with E-state index in [1.165, 1.54) is 6.07 Å².